The molecule has 4 nitrogen and oxygen atoms in total. The number of rotatable bonds is 4. The molecule has 0 aromatic heterocycles. The van der Waals surface area contributed by atoms with Crippen LogP contribution in [-0.2, 0) is 0 Å². The molecule has 0 amide bonds. The second-order valence-electron chi connectivity index (χ2n) is 4.84. The summed E-state index contributed by atoms with van der Waals surface area (Å²) >= 11 is 0. The summed E-state index contributed by atoms with van der Waals surface area (Å²) in [7, 11) is 0. The maximum atomic E-state index is 8.60. The lowest BCUT2D eigenvalue weighted by atomic mass is 10.0. The number of ether oxygens (including phenoxy) is 1. The second-order valence-corrected chi connectivity index (χ2v) is 4.84. The first-order valence-electron chi connectivity index (χ1n) is 6.46. The van der Waals surface area contributed by atoms with E-state index in [1.54, 1.807) is 24.3 Å². The van der Waals surface area contributed by atoms with Gasteiger partial charge in [-0.1, -0.05) is 31.1 Å². The van der Waals surface area contributed by atoms with Gasteiger partial charge in [-0.05, 0) is 47.9 Å². The lowest BCUT2D eigenvalue weighted by molar-refractivity contribution is 0.318. The SMILES string of the molecule is CC(C)c1ccc(Oc2ccc(/C(N)=N/O)cc2)cc1. The summed E-state index contributed by atoms with van der Waals surface area (Å²) in [5, 5.41) is 11.5. The minimum absolute atomic E-state index is 0.0813. The van der Waals surface area contributed by atoms with E-state index in [0.29, 0.717) is 17.2 Å². The maximum Gasteiger partial charge on any atom is 0.170 e. The van der Waals surface area contributed by atoms with Gasteiger partial charge in [0.15, 0.2) is 5.84 Å². The average molecular weight is 270 g/mol. The first-order chi connectivity index (χ1) is 9.60. The van der Waals surface area contributed by atoms with Gasteiger partial charge in [-0.3, -0.25) is 0 Å². The van der Waals surface area contributed by atoms with Crippen LogP contribution in [0.15, 0.2) is 53.7 Å². The zero-order valence-corrected chi connectivity index (χ0v) is 11.6. The number of benzene rings is 2. The van der Waals surface area contributed by atoms with E-state index in [4.69, 9.17) is 15.7 Å². The smallest absolute Gasteiger partial charge is 0.170 e. The number of nitrogens with two attached hydrogens (primary N) is 1. The van der Waals surface area contributed by atoms with Crippen molar-refractivity contribution < 1.29 is 9.94 Å². The number of hydrogen-bond donors (Lipinski definition) is 2. The molecule has 0 unspecified atom stereocenters. The molecule has 3 N–H and O–H groups in total. The Morgan fingerprint density at radius 2 is 1.50 bits per heavy atom. The van der Waals surface area contributed by atoms with Crippen LogP contribution in [0.25, 0.3) is 0 Å². The van der Waals surface area contributed by atoms with Gasteiger partial charge in [0.25, 0.3) is 0 Å². The molecule has 0 aliphatic heterocycles. The fourth-order valence-electron chi connectivity index (χ4n) is 1.81. The molecule has 0 bridgehead atoms. The first kappa shape index (κ1) is 13.9. The minimum atomic E-state index is 0.0813. The van der Waals surface area contributed by atoms with Crippen LogP contribution in [0, 0.1) is 0 Å². The number of nitrogens with zero attached hydrogens (tertiary/aromatic N) is 1. The highest BCUT2D eigenvalue weighted by Crippen LogP contribution is 2.24. The van der Waals surface area contributed by atoms with Crippen molar-refractivity contribution in [3.63, 3.8) is 0 Å². The van der Waals surface area contributed by atoms with Gasteiger partial charge < -0.3 is 15.7 Å². The Morgan fingerprint density at radius 1 is 1.00 bits per heavy atom. The van der Waals surface area contributed by atoms with Crippen LogP contribution in [0.4, 0.5) is 0 Å². The van der Waals surface area contributed by atoms with Gasteiger partial charge in [0.05, 0.1) is 0 Å². The highest BCUT2D eigenvalue weighted by Gasteiger charge is 2.02. The van der Waals surface area contributed by atoms with Gasteiger partial charge >= 0.3 is 0 Å². The molecule has 20 heavy (non-hydrogen) atoms. The van der Waals surface area contributed by atoms with E-state index in [-0.39, 0.29) is 5.84 Å². The van der Waals surface area contributed by atoms with Crippen molar-refractivity contribution >= 4 is 5.84 Å². The van der Waals surface area contributed by atoms with E-state index in [0.717, 1.165) is 5.75 Å². The summed E-state index contributed by atoms with van der Waals surface area (Å²) in [6.45, 7) is 4.31. The molecule has 0 aliphatic rings. The molecule has 0 saturated heterocycles. The molecule has 0 heterocycles. The highest BCUT2D eigenvalue weighted by molar-refractivity contribution is 5.97. The van der Waals surface area contributed by atoms with Crippen LogP contribution in [0.5, 0.6) is 11.5 Å². The number of oxime groups is 1. The Balaban J connectivity index is 2.10. The van der Waals surface area contributed by atoms with Crippen LogP contribution in [-0.4, -0.2) is 11.0 Å². The molecule has 2 aromatic carbocycles. The molecule has 0 atom stereocenters. The monoisotopic (exact) mass is 270 g/mol. The van der Waals surface area contributed by atoms with Crippen molar-refractivity contribution in [2.45, 2.75) is 19.8 Å². The molecular weight excluding hydrogens is 252 g/mol. The Labute approximate surface area is 118 Å². The Bertz CT molecular complexity index is 587. The van der Waals surface area contributed by atoms with Gasteiger partial charge in [0.2, 0.25) is 0 Å². The Morgan fingerprint density at radius 3 is 1.95 bits per heavy atom. The van der Waals surface area contributed by atoms with Crippen molar-refractivity contribution in [2.75, 3.05) is 0 Å². The van der Waals surface area contributed by atoms with Gasteiger partial charge in [-0.2, -0.15) is 0 Å². The predicted octanol–water partition coefficient (Wildman–Crippen LogP) is 3.70. The van der Waals surface area contributed by atoms with E-state index in [1.807, 2.05) is 12.1 Å². The summed E-state index contributed by atoms with van der Waals surface area (Å²) in [5.41, 5.74) is 7.43. The van der Waals surface area contributed by atoms with Gasteiger partial charge in [-0.25, -0.2) is 0 Å². The molecule has 0 aliphatic carbocycles. The molecule has 2 aromatic rings. The minimum Gasteiger partial charge on any atom is -0.457 e. The fraction of sp³-hybridized carbons (Fsp3) is 0.188. The van der Waals surface area contributed by atoms with Gasteiger partial charge in [-0.15, -0.1) is 0 Å². The summed E-state index contributed by atoms with van der Waals surface area (Å²) in [5.74, 6) is 2.07. The topological polar surface area (TPSA) is 67.8 Å². The third-order valence-electron chi connectivity index (χ3n) is 3.04. The van der Waals surface area contributed by atoms with E-state index in [9.17, 15) is 0 Å². The van der Waals surface area contributed by atoms with Crippen molar-refractivity contribution in [1.29, 1.82) is 0 Å². The fourth-order valence-corrected chi connectivity index (χ4v) is 1.81. The molecule has 0 spiro atoms. The molecule has 2 rings (SSSR count). The Hall–Kier alpha value is -2.49. The molecule has 0 saturated carbocycles. The molecule has 0 fully saturated rings. The largest absolute Gasteiger partial charge is 0.457 e. The van der Waals surface area contributed by atoms with E-state index < -0.39 is 0 Å². The van der Waals surface area contributed by atoms with E-state index in [1.165, 1.54) is 5.56 Å². The Kier molecular flexibility index (Phi) is 4.25. The van der Waals surface area contributed by atoms with Crippen LogP contribution >= 0.6 is 0 Å². The zero-order chi connectivity index (χ0) is 14.5. The predicted molar refractivity (Wildman–Crippen MR) is 79.6 cm³/mol. The number of hydrogen-bond acceptors (Lipinski definition) is 3. The quantitative estimate of drug-likeness (QED) is 0.385. The van der Waals surface area contributed by atoms with E-state index in [2.05, 4.69) is 31.1 Å². The first-order valence-corrected chi connectivity index (χ1v) is 6.46. The summed E-state index contributed by atoms with van der Waals surface area (Å²) in [4.78, 5) is 0. The van der Waals surface area contributed by atoms with Crippen LogP contribution in [0.2, 0.25) is 0 Å². The standard InChI is InChI=1S/C16H18N2O2/c1-11(2)12-3-7-14(8-4-12)20-15-9-5-13(6-10-15)16(17)18-19/h3-11,19H,1-2H3,(H2,17,18). The van der Waals surface area contributed by atoms with Crippen LogP contribution in [0.3, 0.4) is 0 Å². The van der Waals surface area contributed by atoms with Crippen molar-refractivity contribution in [3.05, 3.63) is 59.7 Å². The molecular formula is C16H18N2O2. The third kappa shape index (κ3) is 3.29. The maximum absolute atomic E-state index is 8.60. The summed E-state index contributed by atoms with van der Waals surface area (Å²) in [6.07, 6.45) is 0. The molecule has 104 valence electrons. The summed E-state index contributed by atoms with van der Waals surface area (Å²) < 4.78 is 5.74. The van der Waals surface area contributed by atoms with Crippen LogP contribution in [0.1, 0.15) is 30.9 Å². The van der Waals surface area contributed by atoms with E-state index >= 15 is 0 Å². The third-order valence-corrected chi connectivity index (χ3v) is 3.04. The van der Waals surface area contributed by atoms with Crippen LogP contribution < -0.4 is 10.5 Å². The molecule has 4 heteroatoms. The van der Waals surface area contributed by atoms with Gasteiger partial charge in [0.1, 0.15) is 11.5 Å². The lowest BCUT2D eigenvalue weighted by Crippen LogP contribution is -2.12. The van der Waals surface area contributed by atoms with Crippen molar-refractivity contribution in [3.8, 4) is 11.5 Å². The summed E-state index contributed by atoms with van der Waals surface area (Å²) in [6, 6.07) is 15.1. The average Bonchev–Trinajstić information content (AvgIpc) is 2.48. The highest BCUT2D eigenvalue weighted by atomic mass is 16.5. The van der Waals surface area contributed by atoms with Gasteiger partial charge in [0, 0.05) is 5.56 Å². The normalized spacial score (nSPS) is 11.7. The van der Waals surface area contributed by atoms with Crippen molar-refractivity contribution in [2.24, 2.45) is 10.9 Å². The molecule has 0 radical (unpaired) electrons. The second kappa shape index (κ2) is 6.10. The zero-order valence-electron chi connectivity index (χ0n) is 11.6. The number of amidine groups is 1. The van der Waals surface area contributed by atoms with Crippen molar-refractivity contribution in [1.82, 2.24) is 0 Å². The lowest BCUT2D eigenvalue weighted by Gasteiger charge is -2.09.